The van der Waals surface area contributed by atoms with Gasteiger partial charge in [0, 0.05) is 41.9 Å². The Kier molecular flexibility index (Phi) is 7.61. The molecule has 2 N–H and O–H groups in total. The van der Waals surface area contributed by atoms with E-state index < -0.39 is 46.3 Å². The highest BCUT2D eigenvalue weighted by Crippen LogP contribution is 2.50. The zero-order chi connectivity index (χ0) is 36.8. The summed E-state index contributed by atoms with van der Waals surface area (Å²) in [5, 5.41) is 6.12. The van der Waals surface area contributed by atoms with Gasteiger partial charge in [-0.15, -0.1) is 0 Å². The SMILES string of the molecule is CNC1=NC(=O)C2(CCCc3c2ccc[n+]3CNC2=NC(=O)C3(CCc4nc(Cl)ccc43)c3cc(C(F)(F)F)ccc32)c2nc(C(F)(F)F)ccc21. The van der Waals surface area contributed by atoms with Crippen LogP contribution >= 0.6 is 11.6 Å². The highest BCUT2D eigenvalue weighted by Gasteiger charge is 2.54. The summed E-state index contributed by atoms with van der Waals surface area (Å²) >= 11 is 6.10. The fraction of sp³-hybridized carbons (Fsp3) is 0.306. The third-order valence-corrected chi connectivity index (χ3v) is 10.7. The molecule has 5 heterocycles. The topological polar surface area (TPSA) is 113 Å². The second kappa shape index (κ2) is 11.7. The summed E-state index contributed by atoms with van der Waals surface area (Å²) in [6.07, 6.45) is -6.27. The second-order valence-electron chi connectivity index (χ2n) is 13.1. The van der Waals surface area contributed by atoms with Crippen molar-refractivity contribution in [3.8, 4) is 0 Å². The van der Waals surface area contributed by atoms with Crippen molar-refractivity contribution in [2.45, 2.75) is 62.0 Å². The van der Waals surface area contributed by atoms with E-state index in [1.165, 1.54) is 25.2 Å². The monoisotopic (exact) mass is 738 g/mol. The molecule has 2 unspecified atom stereocenters. The fourth-order valence-corrected chi connectivity index (χ4v) is 8.31. The van der Waals surface area contributed by atoms with E-state index in [-0.39, 0.29) is 53.2 Å². The zero-order valence-corrected chi connectivity index (χ0v) is 28.0. The van der Waals surface area contributed by atoms with E-state index in [4.69, 9.17) is 11.6 Å². The molecule has 2 atom stereocenters. The average Bonchev–Trinajstić information content (AvgIpc) is 3.49. The number of aromatic nitrogens is 3. The van der Waals surface area contributed by atoms with Crippen LogP contribution in [-0.2, 0) is 52.3 Å². The van der Waals surface area contributed by atoms with E-state index >= 15 is 0 Å². The minimum Gasteiger partial charge on any atom is -0.372 e. The van der Waals surface area contributed by atoms with Crippen LogP contribution in [0.1, 0.15) is 75.4 Å². The maximum atomic E-state index is 14.0. The number of amidine groups is 2. The number of aliphatic imine (C=N–C) groups is 2. The van der Waals surface area contributed by atoms with Crippen LogP contribution in [-0.4, -0.2) is 40.5 Å². The molecular formula is C36H27ClF6N7O2+. The standard InChI is InChI=1S/C36H26ClF6N7O2/c1-44-29-20-8-10-26(36(41,42)43)47-28(20)34(32(52)48-29)13-2-5-25-22(34)4-3-15-50(25)17-45-30-19-7-6-18(35(38,39)40)16-23(19)33(31(51)49-30)14-12-24-21(33)9-11-27(37)46-24/h3-4,6-11,15-16H,2,5,12-14,17H2,1H3,(H-,44,45,48,49,51,52)/p+1. The number of halogens is 7. The second-order valence-corrected chi connectivity index (χ2v) is 13.5. The highest BCUT2D eigenvalue weighted by atomic mass is 35.5. The summed E-state index contributed by atoms with van der Waals surface area (Å²) in [5.41, 5.74) is -2.48. The molecule has 3 aromatic heterocycles. The molecule has 4 aliphatic rings. The molecule has 0 saturated heterocycles. The Labute approximate surface area is 296 Å². The van der Waals surface area contributed by atoms with Crippen LogP contribution in [0, 0.1) is 0 Å². The smallest absolute Gasteiger partial charge is 0.372 e. The largest absolute Gasteiger partial charge is 0.433 e. The Balaban J connectivity index is 1.20. The summed E-state index contributed by atoms with van der Waals surface area (Å²) in [4.78, 5) is 44.9. The van der Waals surface area contributed by atoms with Gasteiger partial charge in [-0.3, -0.25) is 9.59 Å². The van der Waals surface area contributed by atoms with Gasteiger partial charge < -0.3 is 10.6 Å². The van der Waals surface area contributed by atoms with Gasteiger partial charge >= 0.3 is 12.4 Å². The molecule has 8 rings (SSSR count). The molecule has 2 aliphatic carbocycles. The quantitative estimate of drug-likeness (QED) is 0.163. The number of pyridine rings is 3. The number of hydrogen-bond acceptors (Lipinski definition) is 6. The van der Waals surface area contributed by atoms with Gasteiger partial charge in [-0.25, -0.2) is 9.97 Å². The van der Waals surface area contributed by atoms with Gasteiger partial charge in [0.25, 0.3) is 11.8 Å². The van der Waals surface area contributed by atoms with Crippen molar-refractivity contribution in [3.63, 3.8) is 0 Å². The van der Waals surface area contributed by atoms with Crippen LogP contribution in [0.3, 0.4) is 0 Å². The lowest BCUT2D eigenvalue weighted by Crippen LogP contribution is -2.53. The summed E-state index contributed by atoms with van der Waals surface area (Å²) < 4.78 is 85.6. The van der Waals surface area contributed by atoms with Crippen LogP contribution in [0.4, 0.5) is 26.3 Å². The molecule has 52 heavy (non-hydrogen) atoms. The molecule has 4 aromatic rings. The molecule has 0 bridgehead atoms. The van der Waals surface area contributed by atoms with Crippen LogP contribution in [0.5, 0.6) is 0 Å². The van der Waals surface area contributed by atoms with Gasteiger partial charge in [0.15, 0.2) is 11.9 Å². The minimum atomic E-state index is -4.76. The maximum absolute atomic E-state index is 14.0. The Morgan fingerprint density at radius 1 is 0.808 bits per heavy atom. The van der Waals surface area contributed by atoms with Crippen LogP contribution in [0.2, 0.25) is 5.15 Å². The first-order chi connectivity index (χ1) is 24.7. The van der Waals surface area contributed by atoms with Crippen LogP contribution < -0.4 is 15.2 Å². The number of alkyl halides is 6. The lowest BCUT2D eigenvalue weighted by atomic mass is 9.66. The van der Waals surface area contributed by atoms with E-state index in [2.05, 4.69) is 30.6 Å². The summed E-state index contributed by atoms with van der Waals surface area (Å²) in [6.45, 7) is -0.0469. The molecule has 266 valence electrons. The predicted molar refractivity (Wildman–Crippen MR) is 175 cm³/mol. The molecule has 16 heteroatoms. The van der Waals surface area contributed by atoms with Gasteiger partial charge in [0.1, 0.15) is 33.3 Å². The van der Waals surface area contributed by atoms with Gasteiger partial charge in [-0.2, -0.15) is 40.9 Å². The van der Waals surface area contributed by atoms with E-state index in [0.717, 1.165) is 18.2 Å². The Morgan fingerprint density at radius 2 is 1.56 bits per heavy atom. The van der Waals surface area contributed by atoms with Gasteiger partial charge in [-0.05, 0) is 73.2 Å². The number of fused-ring (bicyclic) bond motifs is 8. The number of hydrogen-bond donors (Lipinski definition) is 2. The predicted octanol–water partition coefficient (Wildman–Crippen LogP) is 5.35. The van der Waals surface area contributed by atoms with E-state index in [9.17, 15) is 35.9 Å². The molecule has 9 nitrogen and oxygen atoms in total. The van der Waals surface area contributed by atoms with Crippen molar-refractivity contribution >= 4 is 35.1 Å². The lowest BCUT2D eigenvalue weighted by Gasteiger charge is -2.38. The first kappa shape index (κ1) is 33.9. The zero-order valence-electron chi connectivity index (χ0n) is 27.2. The fourth-order valence-electron chi connectivity index (χ4n) is 8.15. The third-order valence-electron chi connectivity index (χ3n) is 10.5. The van der Waals surface area contributed by atoms with E-state index in [1.807, 2.05) is 0 Å². The number of carbonyl (C=O) groups is 2. The summed E-state index contributed by atoms with van der Waals surface area (Å²) in [5.74, 6) is -1.15. The number of nitrogens with one attached hydrogen (secondary N) is 2. The van der Waals surface area contributed by atoms with Crippen molar-refractivity contribution in [1.82, 2.24) is 20.6 Å². The molecular weight excluding hydrogens is 712 g/mol. The number of nitrogens with zero attached hydrogens (tertiary/aromatic N) is 5. The normalized spacial score (nSPS) is 22.0. The molecule has 2 aliphatic heterocycles. The number of benzene rings is 1. The Hall–Kier alpha value is -5.18. The number of amides is 2. The number of carbonyl (C=O) groups excluding carboxylic acids is 2. The Morgan fingerprint density at radius 3 is 2.31 bits per heavy atom. The molecule has 1 aromatic carbocycles. The average molecular weight is 739 g/mol. The highest BCUT2D eigenvalue weighted by molar-refractivity contribution is 6.29. The van der Waals surface area contributed by atoms with E-state index in [1.54, 1.807) is 29.0 Å². The first-order valence-electron chi connectivity index (χ1n) is 16.4. The number of aryl methyl sites for hydroxylation is 1. The van der Waals surface area contributed by atoms with Crippen molar-refractivity contribution in [2.24, 2.45) is 9.98 Å². The van der Waals surface area contributed by atoms with Crippen molar-refractivity contribution in [1.29, 1.82) is 0 Å². The third kappa shape index (κ3) is 4.95. The van der Waals surface area contributed by atoms with Crippen molar-refractivity contribution in [2.75, 3.05) is 7.05 Å². The van der Waals surface area contributed by atoms with E-state index in [0.29, 0.717) is 47.3 Å². The lowest BCUT2D eigenvalue weighted by molar-refractivity contribution is -0.707. The maximum Gasteiger partial charge on any atom is 0.433 e. The summed E-state index contributed by atoms with van der Waals surface area (Å²) in [6, 6.07) is 11.8. The number of rotatable bonds is 2. The summed E-state index contributed by atoms with van der Waals surface area (Å²) in [7, 11) is 1.51. The van der Waals surface area contributed by atoms with Gasteiger partial charge in [0.2, 0.25) is 6.67 Å². The Bertz CT molecular complexity index is 2290. The van der Waals surface area contributed by atoms with Crippen LogP contribution in [0.25, 0.3) is 0 Å². The molecule has 0 fully saturated rings. The molecule has 0 saturated carbocycles. The first-order valence-corrected chi connectivity index (χ1v) is 16.7. The molecule has 2 spiro atoms. The van der Waals surface area contributed by atoms with Crippen LogP contribution in [0.15, 0.2) is 70.8 Å². The van der Waals surface area contributed by atoms with Crippen molar-refractivity contribution < 1.29 is 40.5 Å². The molecule has 2 amide bonds. The van der Waals surface area contributed by atoms with Crippen molar-refractivity contribution in [3.05, 3.63) is 122 Å². The molecule has 0 radical (unpaired) electrons. The van der Waals surface area contributed by atoms with Gasteiger partial charge in [0.05, 0.1) is 11.3 Å². The van der Waals surface area contributed by atoms with Gasteiger partial charge in [-0.1, -0.05) is 23.7 Å². The minimum absolute atomic E-state index is 0.0455.